The SMILES string of the molecule is O=[N+]([O-])c1ccccc1SS(=O)(=O)C(Cl)Cl. The van der Waals surface area contributed by atoms with Crippen molar-refractivity contribution < 1.29 is 13.3 Å². The minimum atomic E-state index is -3.86. The molecule has 0 radical (unpaired) electrons. The van der Waals surface area contributed by atoms with Gasteiger partial charge in [0.15, 0.2) is 0 Å². The molecule has 0 aliphatic carbocycles. The van der Waals surface area contributed by atoms with Gasteiger partial charge in [0.1, 0.15) is 4.90 Å². The zero-order valence-corrected chi connectivity index (χ0v) is 10.7. The summed E-state index contributed by atoms with van der Waals surface area (Å²) in [6.45, 7) is 0. The normalized spacial score (nSPS) is 11.7. The third-order valence-corrected chi connectivity index (χ3v) is 6.53. The molecular formula is C7H5Cl2NO4S2. The van der Waals surface area contributed by atoms with Crippen molar-refractivity contribution in [1.82, 2.24) is 0 Å². The van der Waals surface area contributed by atoms with Crippen molar-refractivity contribution in [3.05, 3.63) is 34.4 Å². The van der Waals surface area contributed by atoms with Crippen molar-refractivity contribution in [2.75, 3.05) is 0 Å². The predicted octanol–water partition coefficient (Wildman–Crippen LogP) is 2.78. The van der Waals surface area contributed by atoms with Crippen LogP contribution in [0.3, 0.4) is 0 Å². The molecule has 0 amide bonds. The fourth-order valence-electron chi connectivity index (χ4n) is 0.840. The van der Waals surface area contributed by atoms with Crippen LogP contribution in [-0.2, 0) is 8.87 Å². The first-order valence-corrected chi connectivity index (χ1v) is 7.54. The summed E-state index contributed by atoms with van der Waals surface area (Å²) in [5.74, 6) is 0. The zero-order chi connectivity index (χ0) is 12.3. The Labute approximate surface area is 105 Å². The molecule has 0 atom stereocenters. The van der Waals surface area contributed by atoms with E-state index in [1.807, 2.05) is 0 Å². The number of halogens is 2. The van der Waals surface area contributed by atoms with Crippen LogP contribution in [0, 0.1) is 10.1 Å². The summed E-state index contributed by atoms with van der Waals surface area (Å²) in [5.41, 5.74) is -0.301. The van der Waals surface area contributed by atoms with Crippen LogP contribution in [0.15, 0.2) is 29.2 Å². The van der Waals surface area contributed by atoms with E-state index in [0.717, 1.165) is 0 Å². The van der Waals surface area contributed by atoms with E-state index >= 15 is 0 Å². The van der Waals surface area contributed by atoms with Gasteiger partial charge in [-0.1, -0.05) is 35.3 Å². The summed E-state index contributed by atoms with van der Waals surface area (Å²) in [6.07, 6.45) is 0. The number of hydrogen-bond acceptors (Lipinski definition) is 5. The Balaban J connectivity index is 3.12. The first-order valence-electron chi connectivity index (χ1n) is 3.79. The number of nitrogens with zero attached hydrogens (tertiary/aromatic N) is 1. The lowest BCUT2D eigenvalue weighted by atomic mass is 10.3. The molecule has 1 rings (SSSR count). The molecule has 1 aromatic rings. The highest BCUT2D eigenvalue weighted by molar-refractivity contribution is 8.72. The molecule has 0 aliphatic heterocycles. The maximum atomic E-state index is 11.4. The zero-order valence-electron chi connectivity index (χ0n) is 7.54. The molecule has 5 nitrogen and oxygen atoms in total. The Morgan fingerprint density at radius 3 is 2.38 bits per heavy atom. The number of benzene rings is 1. The van der Waals surface area contributed by atoms with E-state index < -0.39 is 18.0 Å². The average molecular weight is 302 g/mol. The second kappa shape index (κ2) is 5.22. The first kappa shape index (κ1) is 13.6. The largest absolute Gasteiger partial charge is 0.283 e. The standard InChI is InChI=1S/C7H5Cl2NO4S2/c8-7(9)16(13,14)15-6-4-2-1-3-5(6)10(11)12/h1-4,7H. The molecule has 0 spiro atoms. The van der Waals surface area contributed by atoms with Gasteiger partial charge in [0.05, 0.1) is 4.92 Å². The topological polar surface area (TPSA) is 77.3 Å². The van der Waals surface area contributed by atoms with Gasteiger partial charge < -0.3 is 0 Å². The van der Waals surface area contributed by atoms with Gasteiger partial charge in [0, 0.05) is 16.9 Å². The van der Waals surface area contributed by atoms with Gasteiger partial charge in [-0.3, -0.25) is 10.1 Å². The summed E-state index contributed by atoms with van der Waals surface area (Å²) in [4.78, 5) is 9.92. The van der Waals surface area contributed by atoms with E-state index in [4.69, 9.17) is 23.2 Å². The summed E-state index contributed by atoms with van der Waals surface area (Å²) >= 11 is 10.5. The second-order valence-corrected chi connectivity index (χ2v) is 8.13. The Morgan fingerprint density at radius 1 is 1.31 bits per heavy atom. The van der Waals surface area contributed by atoms with E-state index in [2.05, 4.69) is 0 Å². The molecule has 9 heteroatoms. The van der Waals surface area contributed by atoms with Crippen LogP contribution in [0.2, 0.25) is 0 Å². The van der Waals surface area contributed by atoms with E-state index in [-0.39, 0.29) is 21.4 Å². The van der Waals surface area contributed by atoms with Gasteiger partial charge in [-0.2, -0.15) is 0 Å². The Bertz CT molecular complexity index is 503. The van der Waals surface area contributed by atoms with Crippen LogP contribution in [-0.4, -0.2) is 17.5 Å². The molecule has 0 aromatic heterocycles. The van der Waals surface area contributed by atoms with Crippen molar-refractivity contribution in [3.63, 3.8) is 0 Å². The Morgan fingerprint density at radius 2 is 1.88 bits per heavy atom. The number of nitro groups is 1. The molecule has 0 saturated carbocycles. The van der Waals surface area contributed by atoms with Crippen LogP contribution in [0.5, 0.6) is 0 Å². The molecule has 0 heterocycles. The summed E-state index contributed by atoms with van der Waals surface area (Å²) in [6, 6.07) is 5.45. The summed E-state index contributed by atoms with van der Waals surface area (Å²) in [7, 11) is -3.59. The van der Waals surface area contributed by atoms with Gasteiger partial charge >= 0.3 is 0 Å². The molecule has 1 aromatic carbocycles. The third kappa shape index (κ3) is 3.24. The van der Waals surface area contributed by atoms with Crippen molar-refractivity contribution in [2.45, 2.75) is 9.06 Å². The summed E-state index contributed by atoms with van der Waals surface area (Å²) < 4.78 is 21.1. The monoisotopic (exact) mass is 301 g/mol. The minimum absolute atomic E-state index is 0.0150. The van der Waals surface area contributed by atoms with Gasteiger partial charge in [-0.25, -0.2) is 8.42 Å². The predicted molar refractivity (Wildman–Crippen MR) is 63.4 cm³/mol. The van der Waals surface area contributed by atoms with Crippen molar-refractivity contribution in [2.24, 2.45) is 0 Å². The third-order valence-electron chi connectivity index (χ3n) is 1.49. The van der Waals surface area contributed by atoms with Crippen LogP contribution in [0.25, 0.3) is 0 Å². The van der Waals surface area contributed by atoms with Gasteiger partial charge in [-0.05, 0) is 6.07 Å². The van der Waals surface area contributed by atoms with Crippen molar-refractivity contribution >= 4 is 48.6 Å². The fraction of sp³-hybridized carbons (Fsp3) is 0.143. The summed E-state index contributed by atoms with van der Waals surface area (Å²) in [5, 5.41) is 10.6. The molecule has 0 aliphatic rings. The number of hydrogen-bond donors (Lipinski definition) is 0. The number of nitro benzene ring substituents is 1. The average Bonchev–Trinajstić information content (AvgIpc) is 2.17. The van der Waals surface area contributed by atoms with Crippen molar-refractivity contribution in [3.8, 4) is 0 Å². The van der Waals surface area contributed by atoms with Gasteiger partial charge in [0.2, 0.25) is 13.0 Å². The molecular weight excluding hydrogens is 297 g/mol. The maximum absolute atomic E-state index is 11.4. The number of alkyl halides is 2. The smallest absolute Gasteiger partial charge is 0.258 e. The molecule has 0 fully saturated rings. The van der Waals surface area contributed by atoms with E-state index in [9.17, 15) is 18.5 Å². The lowest BCUT2D eigenvalue weighted by Gasteiger charge is -2.04. The lowest BCUT2D eigenvalue weighted by Crippen LogP contribution is -2.04. The highest BCUT2D eigenvalue weighted by Crippen LogP contribution is 2.36. The molecule has 0 N–H and O–H groups in total. The highest BCUT2D eigenvalue weighted by Gasteiger charge is 2.26. The van der Waals surface area contributed by atoms with Crippen LogP contribution >= 0.6 is 34.0 Å². The highest BCUT2D eigenvalue weighted by atomic mass is 35.5. The quantitative estimate of drug-likeness (QED) is 0.370. The second-order valence-electron chi connectivity index (χ2n) is 2.56. The number of rotatable bonds is 4. The number of para-hydroxylation sites is 1. The van der Waals surface area contributed by atoms with Crippen LogP contribution in [0.1, 0.15) is 0 Å². The van der Waals surface area contributed by atoms with Gasteiger partial charge in [0.25, 0.3) is 5.69 Å². The lowest BCUT2D eigenvalue weighted by molar-refractivity contribution is -0.387. The molecule has 16 heavy (non-hydrogen) atoms. The van der Waals surface area contributed by atoms with E-state index in [1.165, 1.54) is 24.3 Å². The molecule has 0 unspecified atom stereocenters. The van der Waals surface area contributed by atoms with E-state index in [1.54, 1.807) is 0 Å². The molecule has 0 saturated heterocycles. The van der Waals surface area contributed by atoms with E-state index in [0.29, 0.717) is 0 Å². The van der Waals surface area contributed by atoms with Gasteiger partial charge in [-0.15, -0.1) is 0 Å². The van der Waals surface area contributed by atoms with Crippen LogP contribution in [0.4, 0.5) is 5.69 Å². The maximum Gasteiger partial charge on any atom is 0.283 e. The van der Waals surface area contributed by atoms with Crippen LogP contribution < -0.4 is 0 Å². The van der Waals surface area contributed by atoms with Crippen molar-refractivity contribution in [1.29, 1.82) is 0 Å². The fourth-order valence-corrected chi connectivity index (χ4v) is 3.57. The first-order chi connectivity index (χ1) is 7.34. The Kier molecular flexibility index (Phi) is 4.43. The molecule has 88 valence electrons. The Hall–Kier alpha value is -0.500. The minimum Gasteiger partial charge on any atom is -0.258 e. The molecule has 0 bridgehead atoms.